The quantitative estimate of drug-likeness (QED) is 0.348. The Labute approximate surface area is 179 Å². The summed E-state index contributed by atoms with van der Waals surface area (Å²) in [6, 6.07) is 22.3. The first kappa shape index (κ1) is 21.7. The lowest BCUT2D eigenvalue weighted by Gasteiger charge is -2.13. The zero-order chi connectivity index (χ0) is 22.1. The second-order valence-electron chi connectivity index (χ2n) is 6.75. The van der Waals surface area contributed by atoms with Gasteiger partial charge in [0.15, 0.2) is 0 Å². The van der Waals surface area contributed by atoms with Crippen LogP contribution in [0.1, 0.15) is 29.7 Å². The minimum Gasteiger partial charge on any atom is -0.489 e. The van der Waals surface area contributed by atoms with E-state index in [4.69, 9.17) is 4.74 Å². The van der Waals surface area contributed by atoms with Gasteiger partial charge in [-0.25, -0.2) is 9.82 Å². The van der Waals surface area contributed by atoms with E-state index in [1.807, 2.05) is 30.3 Å². The zero-order valence-corrected chi connectivity index (χ0v) is 16.9. The zero-order valence-electron chi connectivity index (χ0n) is 16.9. The van der Waals surface area contributed by atoms with E-state index in [1.54, 1.807) is 49.4 Å². The van der Waals surface area contributed by atoms with Crippen molar-refractivity contribution in [2.75, 3.05) is 0 Å². The molecule has 0 saturated carbocycles. The van der Waals surface area contributed by atoms with Gasteiger partial charge in [-0.2, -0.15) is 5.10 Å². The lowest BCUT2D eigenvalue weighted by molar-refractivity contribution is -0.139. The molecule has 3 aromatic carbocycles. The maximum absolute atomic E-state index is 13.6. The van der Waals surface area contributed by atoms with Crippen molar-refractivity contribution in [1.29, 1.82) is 0 Å². The van der Waals surface area contributed by atoms with Crippen molar-refractivity contribution < 1.29 is 18.7 Å². The monoisotopic (exact) mass is 419 g/mol. The van der Waals surface area contributed by atoms with E-state index in [1.165, 1.54) is 12.3 Å². The van der Waals surface area contributed by atoms with Crippen LogP contribution in [0.25, 0.3) is 0 Å². The van der Waals surface area contributed by atoms with Gasteiger partial charge in [-0.05, 0) is 48.4 Å². The number of carbonyl (C=O) groups excluding carboxylic acids is 2. The highest BCUT2D eigenvalue weighted by Gasteiger charge is 2.16. The summed E-state index contributed by atoms with van der Waals surface area (Å²) in [4.78, 5) is 23.9. The number of ether oxygens (including phenoxy) is 1. The molecule has 0 heterocycles. The molecule has 0 aliphatic carbocycles. The van der Waals surface area contributed by atoms with Gasteiger partial charge in [0.1, 0.15) is 18.2 Å². The van der Waals surface area contributed by atoms with Gasteiger partial charge in [0, 0.05) is 5.56 Å². The van der Waals surface area contributed by atoms with Crippen LogP contribution in [0.4, 0.5) is 4.39 Å². The molecule has 0 aliphatic rings. The highest BCUT2D eigenvalue weighted by atomic mass is 19.1. The fraction of sp³-hybridized carbons (Fsp3) is 0.125. The molecule has 3 aromatic rings. The van der Waals surface area contributed by atoms with E-state index in [9.17, 15) is 14.0 Å². The minimum atomic E-state index is -0.858. The topological polar surface area (TPSA) is 79.8 Å². The van der Waals surface area contributed by atoms with Gasteiger partial charge in [0.25, 0.3) is 0 Å². The number of benzene rings is 3. The summed E-state index contributed by atoms with van der Waals surface area (Å²) in [5.74, 6) is -1.38. The average molecular weight is 419 g/mol. The Balaban J connectivity index is 1.46. The molecule has 0 fully saturated rings. The number of hydrazone groups is 1. The molecule has 0 aliphatic heterocycles. The third-order valence-electron chi connectivity index (χ3n) is 4.47. The summed E-state index contributed by atoms with van der Waals surface area (Å²) in [5, 5.41) is 6.42. The van der Waals surface area contributed by atoms with Gasteiger partial charge in [0.05, 0.1) is 12.3 Å². The van der Waals surface area contributed by atoms with Gasteiger partial charge in [-0.1, -0.05) is 48.5 Å². The van der Waals surface area contributed by atoms with Crippen molar-refractivity contribution in [1.82, 2.24) is 10.7 Å². The summed E-state index contributed by atoms with van der Waals surface area (Å²) < 4.78 is 19.2. The van der Waals surface area contributed by atoms with Gasteiger partial charge in [0.2, 0.25) is 0 Å². The molecule has 1 atom stereocenters. The van der Waals surface area contributed by atoms with E-state index in [2.05, 4.69) is 15.8 Å². The second kappa shape index (κ2) is 10.7. The molecule has 2 amide bonds. The Morgan fingerprint density at radius 1 is 0.968 bits per heavy atom. The molecule has 2 N–H and O–H groups in total. The standard InChI is InChI=1S/C24H22FN3O3/c1-17(19-7-3-2-4-8-19)27-23(29)24(30)28-26-15-18-11-13-21(14-12-18)31-16-20-9-5-6-10-22(20)25/h2-15,17H,16H2,1H3,(H,27,29)(H,28,30)/b26-15-/t17-/m0/s1. The van der Waals surface area contributed by atoms with Crippen molar-refractivity contribution in [2.45, 2.75) is 19.6 Å². The van der Waals surface area contributed by atoms with Gasteiger partial charge in [-0.15, -0.1) is 0 Å². The van der Waals surface area contributed by atoms with Crippen LogP contribution in [-0.4, -0.2) is 18.0 Å². The van der Waals surface area contributed by atoms with Gasteiger partial charge in [-0.3, -0.25) is 9.59 Å². The minimum absolute atomic E-state index is 0.118. The summed E-state index contributed by atoms with van der Waals surface area (Å²) in [5.41, 5.74) is 4.25. The number of carbonyl (C=O) groups is 2. The van der Waals surface area contributed by atoms with E-state index in [-0.39, 0.29) is 18.5 Å². The Kier molecular flexibility index (Phi) is 7.48. The van der Waals surface area contributed by atoms with E-state index < -0.39 is 11.8 Å². The summed E-state index contributed by atoms with van der Waals surface area (Å²) in [6.45, 7) is 1.91. The first-order valence-electron chi connectivity index (χ1n) is 9.68. The van der Waals surface area contributed by atoms with Crippen LogP contribution in [0, 0.1) is 5.82 Å². The van der Waals surface area contributed by atoms with Crippen molar-refractivity contribution >= 4 is 18.0 Å². The van der Waals surface area contributed by atoms with Crippen molar-refractivity contribution in [2.24, 2.45) is 5.10 Å². The maximum atomic E-state index is 13.6. The largest absolute Gasteiger partial charge is 0.489 e. The molecule has 0 saturated heterocycles. The molecular weight excluding hydrogens is 397 g/mol. The van der Waals surface area contributed by atoms with E-state index in [0.29, 0.717) is 16.9 Å². The lowest BCUT2D eigenvalue weighted by atomic mass is 10.1. The SMILES string of the molecule is C[C@H](NC(=O)C(=O)N/N=C\c1ccc(OCc2ccccc2F)cc1)c1ccccc1. The molecule has 0 unspecified atom stereocenters. The van der Waals surface area contributed by atoms with Crippen LogP contribution in [0.3, 0.4) is 0 Å². The second-order valence-corrected chi connectivity index (χ2v) is 6.75. The molecule has 0 spiro atoms. The summed E-state index contributed by atoms with van der Waals surface area (Å²) in [7, 11) is 0. The number of nitrogens with one attached hydrogen (secondary N) is 2. The van der Waals surface area contributed by atoms with Gasteiger partial charge < -0.3 is 10.1 Å². The number of amides is 2. The Morgan fingerprint density at radius 3 is 2.35 bits per heavy atom. The van der Waals surface area contributed by atoms with Crippen molar-refractivity contribution in [3.8, 4) is 5.75 Å². The molecular formula is C24H22FN3O3. The third-order valence-corrected chi connectivity index (χ3v) is 4.47. The molecule has 158 valence electrons. The summed E-state index contributed by atoms with van der Waals surface area (Å²) in [6.07, 6.45) is 1.41. The Bertz CT molecular complexity index is 1050. The first-order valence-corrected chi connectivity index (χ1v) is 9.68. The van der Waals surface area contributed by atoms with E-state index in [0.717, 1.165) is 5.56 Å². The molecule has 0 bridgehead atoms. The predicted octanol–water partition coefficient (Wildman–Crippen LogP) is 3.73. The highest BCUT2D eigenvalue weighted by Crippen LogP contribution is 2.15. The third kappa shape index (κ3) is 6.50. The van der Waals surface area contributed by atoms with Crippen LogP contribution >= 0.6 is 0 Å². The smallest absolute Gasteiger partial charge is 0.329 e. The van der Waals surface area contributed by atoms with Crippen LogP contribution in [-0.2, 0) is 16.2 Å². The van der Waals surface area contributed by atoms with Crippen LogP contribution in [0.5, 0.6) is 5.75 Å². The number of nitrogens with zero attached hydrogens (tertiary/aromatic N) is 1. The van der Waals surface area contributed by atoms with Crippen LogP contribution in [0.15, 0.2) is 84.0 Å². The number of rotatable bonds is 7. The fourth-order valence-electron chi connectivity index (χ4n) is 2.73. The van der Waals surface area contributed by atoms with E-state index >= 15 is 0 Å². The normalized spacial score (nSPS) is 11.7. The number of hydrogen-bond donors (Lipinski definition) is 2. The predicted molar refractivity (Wildman–Crippen MR) is 116 cm³/mol. The lowest BCUT2D eigenvalue weighted by Crippen LogP contribution is -2.39. The average Bonchev–Trinajstić information content (AvgIpc) is 2.80. The number of hydrogen-bond acceptors (Lipinski definition) is 4. The Hall–Kier alpha value is -4.00. The first-order chi connectivity index (χ1) is 15.0. The number of halogens is 1. The molecule has 0 radical (unpaired) electrons. The molecule has 0 aromatic heterocycles. The highest BCUT2D eigenvalue weighted by molar-refractivity contribution is 6.35. The van der Waals surface area contributed by atoms with Gasteiger partial charge >= 0.3 is 11.8 Å². The summed E-state index contributed by atoms with van der Waals surface area (Å²) >= 11 is 0. The van der Waals surface area contributed by atoms with Crippen molar-refractivity contribution in [3.05, 3.63) is 101 Å². The molecule has 7 heteroatoms. The molecule has 6 nitrogen and oxygen atoms in total. The van der Waals surface area contributed by atoms with Crippen LogP contribution < -0.4 is 15.5 Å². The van der Waals surface area contributed by atoms with Crippen LogP contribution in [0.2, 0.25) is 0 Å². The maximum Gasteiger partial charge on any atom is 0.329 e. The van der Waals surface area contributed by atoms with Crippen molar-refractivity contribution in [3.63, 3.8) is 0 Å². The Morgan fingerprint density at radius 2 is 1.65 bits per heavy atom. The molecule has 3 rings (SSSR count). The fourth-order valence-corrected chi connectivity index (χ4v) is 2.73. The molecule has 31 heavy (non-hydrogen) atoms.